The molecule has 0 saturated carbocycles. The highest BCUT2D eigenvalue weighted by Crippen LogP contribution is 2.41. The zero-order chi connectivity index (χ0) is 42.6. The first-order valence-electron chi connectivity index (χ1n) is 21.2. The van der Waals surface area contributed by atoms with Crippen LogP contribution in [0.3, 0.4) is 0 Å². The second-order valence-corrected chi connectivity index (χ2v) is 13.6. The molecule has 0 aliphatic carbocycles. The van der Waals surface area contributed by atoms with Gasteiger partial charge in [-0.15, -0.1) is 22.7 Å². The monoisotopic (exact) mass is 684 g/mol. The Morgan fingerprint density at radius 2 is 1.04 bits per heavy atom. The van der Waals surface area contributed by atoms with Crippen LogP contribution >= 0.6 is 22.7 Å². The van der Waals surface area contributed by atoms with Crippen LogP contribution in [0.1, 0.15) is 15.1 Å². The van der Waals surface area contributed by atoms with Crippen molar-refractivity contribution in [3.05, 3.63) is 164 Å². The van der Waals surface area contributed by atoms with Crippen molar-refractivity contribution in [3.63, 3.8) is 0 Å². The van der Waals surface area contributed by atoms with E-state index in [0.29, 0.717) is 11.1 Å². The molecular weight excluding hydrogens is 647 g/mol. The minimum atomic E-state index is -0.578. The fourth-order valence-corrected chi connectivity index (χ4v) is 8.38. The van der Waals surface area contributed by atoms with Crippen LogP contribution in [-0.4, -0.2) is 15.0 Å². The van der Waals surface area contributed by atoms with Crippen LogP contribution in [0.2, 0.25) is 0 Å². The van der Waals surface area contributed by atoms with Crippen molar-refractivity contribution >= 4 is 63.0 Å². The molecule has 0 saturated heterocycles. The molecule has 3 nitrogen and oxygen atoms in total. The molecule has 50 heavy (non-hydrogen) atoms. The Morgan fingerprint density at radius 1 is 0.380 bits per heavy atom. The number of hydrogen-bond donors (Lipinski definition) is 0. The Balaban J connectivity index is 1.23. The summed E-state index contributed by atoms with van der Waals surface area (Å²) in [5.74, 6) is 0.365. The van der Waals surface area contributed by atoms with E-state index in [9.17, 15) is 5.48 Å². The fraction of sp³-hybridized carbons (Fsp3) is 0. The third-order valence-corrected chi connectivity index (χ3v) is 10.8. The predicted octanol–water partition coefficient (Wildman–Crippen LogP) is 12.9. The van der Waals surface area contributed by atoms with Gasteiger partial charge in [-0.25, -0.2) is 15.0 Å². The largest absolute Gasteiger partial charge is 0.208 e. The molecule has 0 bridgehead atoms. The van der Waals surface area contributed by atoms with E-state index in [-0.39, 0.29) is 66.4 Å². The lowest BCUT2D eigenvalue weighted by Gasteiger charge is -2.11. The number of aromatic nitrogens is 3. The number of benzene rings is 7. The van der Waals surface area contributed by atoms with Gasteiger partial charge in [0.1, 0.15) is 0 Å². The fourth-order valence-electron chi connectivity index (χ4n) is 6.20. The second kappa shape index (κ2) is 11.8. The SMILES string of the molecule is [2H]c1c([2H])c(-c2c([2H])c([2H])c([2H])c3sc4c([2H])c([2H])c([2H])c([2H])c4c23)c([2H])c([2H])c1-c1nc(-c2ccc(-c3ccccc3)cc2)nc(-c2cccc3c2sc2ccccc23)n1. The number of nitrogens with zero attached hydrogens (tertiary/aromatic N) is 3. The van der Waals surface area contributed by atoms with Gasteiger partial charge in [0.2, 0.25) is 0 Å². The zero-order valence-corrected chi connectivity index (χ0v) is 27.5. The molecule has 0 spiro atoms. The Bertz CT molecular complexity index is 3470. The standard InChI is InChI=1S/C45H27N3S2/c1-2-10-28(11-3-1)29-20-24-31(25-21-29)43-46-44(48-45(47-43)37-16-8-15-35-34-12-4-6-17-38(34)50-42(35)37)32-26-22-30(23-27-32)33-14-9-19-40-41(33)36-13-5-7-18-39(36)49-40/h1-27H/i5D,7D,9D,13D,14D,18D,19D,22D,23D,26D,27D. The molecule has 0 fully saturated rings. The summed E-state index contributed by atoms with van der Waals surface area (Å²) in [5, 5.41) is 2.03. The van der Waals surface area contributed by atoms with Gasteiger partial charge in [0.25, 0.3) is 0 Å². The van der Waals surface area contributed by atoms with Crippen LogP contribution < -0.4 is 0 Å². The van der Waals surface area contributed by atoms with Gasteiger partial charge >= 0.3 is 0 Å². The summed E-state index contributed by atoms with van der Waals surface area (Å²) in [6, 6.07) is 25.8. The quantitative estimate of drug-likeness (QED) is 0.181. The van der Waals surface area contributed by atoms with Gasteiger partial charge in [0.15, 0.2) is 17.5 Å². The van der Waals surface area contributed by atoms with E-state index < -0.39 is 54.4 Å². The van der Waals surface area contributed by atoms with Crippen LogP contribution in [0.25, 0.3) is 96.8 Å². The molecule has 0 atom stereocenters. The van der Waals surface area contributed by atoms with Crippen molar-refractivity contribution in [2.75, 3.05) is 0 Å². The average Bonchev–Trinajstić information content (AvgIpc) is 3.87. The van der Waals surface area contributed by atoms with E-state index >= 15 is 0 Å². The number of thiophene rings is 2. The molecule has 7 aromatic carbocycles. The Hall–Kier alpha value is -6.01. The number of hydrogen-bond acceptors (Lipinski definition) is 5. The maximum Gasteiger partial charge on any atom is 0.165 e. The van der Waals surface area contributed by atoms with Crippen molar-refractivity contribution in [2.45, 2.75) is 0 Å². The van der Waals surface area contributed by atoms with Crippen LogP contribution in [-0.2, 0) is 0 Å². The van der Waals surface area contributed by atoms with Gasteiger partial charge in [0, 0.05) is 57.0 Å². The van der Waals surface area contributed by atoms with E-state index in [4.69, 9.17) is 24.5 Å². The first kappa shape index (κ1) is 19.9. The van der Waals surface area contributed by atoms with Gasteiger partial charge in [0.05, 0.1) is 15.1 Å². The molecule has 0 aliphatic heterocycles. The molecule has 0 unspecified atom stereocenters. The lowest BCUT2D eigenvalue weighted by atomic mass is 9.98. The maximum atomic E-state index is 9.42. The summed E-state index contributed by atoms with van der Waals surface area (Å²) in [4.78, 5) is 14.6. The Labute approximate surface area is 312 Å². The summed E-state index contributed by atoms with van der Waals surface area (Å²) >= 11 is 2.44. The van der Waals surface area contributed by atoms with Crippen LogP contribution in [0.15, 0.2) is 164 Å². The smallest absolute Gasteiger partial charge is 0.165 e. The minimum Gasteiger partial charge on any atom is -0.208 e. The summed E-state index contributed by atoms with van der Waals surface area (Å²) in [6.45, 7) is 0. The highest BCUT2D eigenvalue weighted by Gasteiger charge is 2.17. The highest BCUT2D eigenvalue weighted by atomic mass is 32.1. The van der Waals surface area contributed by atoms with Crippen molar-refractivity contribution in [1.82, 2.24) is 15.0 Å². The Morgan fingerprint density at radius 3 is 1.90 bits per heavy atom. The molecule has 234 valence electrons. The van der Waals surface area contributed by atoms with Crippen LogP contribution in [0.5, 0.6) is 0 Å². The average molecular weight is 685 g/mol. The topological polar surface area (TPSA) is 38.7 Å². The number of rotatable bonds is 5. The van der Waals surface area contributed by atoms with E-state index in [1.54, 1.807) is 11.3 Å². The predicted molar refractivity (Wildman–Crippen MR) is 213 cm³/mol. The van der Waals surface area contributed by atoms with Gasteiger partial charge < -0.3 is 0 Å². The molecular formula is C45H27N3S2. The summed E-state index contributed by atoms with van der Waals surface area (Å²) in [7, 11) is 0. The molecule has 10 aromatic rings. The molecule has 0 aliphatic rings. The molecule has 10 rings (SSSR count). The van der Waals surface area contributed by atoms with Crippen molar-refractivity contribution in [2.24, 2.45) is 0 Å². The molecule has 5 heteroatoms. The van der Waals surface area contributed by atoms with Crippen LogP contribution in [0, 0.1) is 0 Å². The first-order chi connectivity index (χ1) is 29.3. The molecule has 0 amide bonds. The molecule has 0 radical (unpaired) electrons. The van der Waals surface area contributed by atoms with E-state index in [1.807, 2.05) is 97.1 Å². The van der Waals surface area contributed by atoms with Gasteiger partial charge in [-0.1, -0.05) is 139 Å². The maximum absolute atomic E-state index is 9.42. The highest BCUT2D eigenvalue weighted by molar-refractivity contribution is 7.26. The minimum absolute atomic E-state index is 0.00772. The van der Waals surface area contributed by atoms with Crippen molar-refractivity contribution < 1.29 is 15.1 Å². The summed E-state index contributed by atoms with van der Waals surface area (Å²) in [6.07, 6.45) is 0. The first-order valence-corrected chi connectivity index (χ1v) is 17.3. The van der Waals surface area contributed by atoms with E-state index in [1.165, 1.54) is 0 Å². The zero-order valence-electron chi connectivity index (χ0n) is 36.9. The lowest BCUT2D eigenvalue weighted by Crippen LogP contribution is -2.00. The van der Waals surface area contributed by atoms with Gasteiger partial charge in [-0.05, 0) is 46.5 Å². The molecule has 3 heterocycles. The van der Waals surface area contributed by atoms with E-state index in [2.05, 4.69) is 0 Å². The third kappa shape index (κ3) is 4.90. The van der Waals surface area contributed by atoms with Crippen molar-refractivity contribution in [1.29, 1.82) is 0 Å². The van der Waals surface area contributed by atoms with E-state index in [0.717, 1.165) is 42.6 Å². The number of fused-ring (bicyclic) bond motifs is 6. The van der Waals surface area contributed by atoms with Gasteiger partial charge in [-0.3, -0.25) is 0 Å². The molecule has 0 N–H and O–H groups in total. The third-order valence-electron chi connectivity index (χ3n) is 8.58. The lowest BCUT2D eigenvalue weighted by molar-refractivity contribution is 1.08. The van der Waals surface area contributed by atoms with Crippen LogP contribution in [0.4, 0.5) is 0 Å². The summed E-state index contributed by atoms with van der Waals surface area (Å²) < 4.78 is 100. The second-order valence-electron chi connectivity index (χ2n) is 11.5. The normalized spacial score (nSPS) is 14.7. The molecule has 3 aromatic heterocycles. The Kier molecular flexibility index (Phi) is 4.70. The van der Waals surface area contributed by atoms with Crippen molar-refractivity contribution in [3.8, 4) is 56.4 Å². The summed E-state index contributed by atoms with van der Waals surface area (Å²) in [5.41, 5.74) is 2.48. The van der Waals surface area contributed by atoms with Gasteiger partial charge in [-0.2, -0.15) is 0 Å².